The summed E-state index contributed by atoms with van der Waals surface area (Å²) < 4.78 is 10.7. The van der Waals surface area contributed by atoms with Gasteiger partial charge in [-0.15, -0.1) is 0 Å². The first-order chi connectivity index (χ1) is 15.6. The molecular weight excluding hydrogens is 404 g/mol. The number of ether oxygens (including phenoxy) is 2. The highest BCUT2D eigenvalue weighted by Crippen LogP contribution is 2.13. The smallest absolute Gasteiger partial charge is 0.336 e. The van der Waals surface area contributed by atoms with Gasteiger partial charge >= 0.3 is 5.97 Å². The SMILES string of the molecule is C=CCOc1ccc(C(=O)N/N=C/c2ccc(OC(=O)/C=C/c3ccccc3)cc2)cc1. The Morgan fingerprint density at radius 2 is 1.56 bits per heavy atom. The standard InChI is InChI=1S/C26H22N2O4/c1-2-18-31-23-15-11-22(12-16-23)26(30)28-27-19-21-8-13-24(14-9-21)32-25(29)17-10-20-6-4-3-5-7-20/h2-17,19H,1,18H2,(H,28,30)/b17-10+,27-19+. The highest BCUT2D eigenvalue weighted by Gasteiger charge is 2.04. The minimum Gasteiger partial charge on any atom is -0.490 e. The Morgan fingerprint density at radius 1 is 0.875 bits per heavy atom. The van der Waals surface area contributed by atoms with Crippen molar-refractivity contribution in [2.75, 3.05) is 6.61 Å². The molecule has 0 fully saturated rings. The summed E-state index contributed by atoms with van der Waals surface area (Å²) in [5.41, 5.74) is 4.57. The fourth-order valence-corrected chi connectivity index (χ4v) is 2.59. The molecule has 6 heteroatoms. The summed E-state index contributed by atoms with van der Waals surface area (Å²) in [6.45, 7) is 3.99. The van der Waals surface area contributed by atoms with Crippen LogP contribution in [0.5, 0.6) is 11.5 Å². The summed E-state index contributed by atoms with van der Waals surface area (Å²) >= 11 is 0. The normalized spacial score (nSPS) is 10.8. The number of hydrazone groups is 1. The van der Waals surface area contributed by atoms with Crippen LogP contribution in [0.1, 0.15) is 21.5 Å². The predicted octanol–water partition coefficient (Wildman–Crippen LogP) is 4.63. The van der Waals surface area contributed by atoms with Crippen LogP contribution < -0.4 is 14.9 Å². The number of hydrogen-bond donors (Lipinski definition) is 1. The molecule has 32 heavy (non-hydrogen) atoms. The molecule has 0 aliphatic heterocycles. The lowest BCUT2D eigenvalue weighted by Crippen LogP contribution is -2.17. The summed E-state index contributed by atoms with van der Waals surface area (Å²) in [7, 11) is 0. The van der Waals surface area contributed by atoms with Gasteiger partial charge in [0.2, 0.25) is 0 Å². The third-order valence-electron chi connectivity index (χ3n) is 4.17. The van der Waals surface area contributed by atoms with E-state index in [-0.39, 0.29) is 5.91 Å². The van der Waals surface area contributed by atoms with Crippen molar-refractivity contribution in [3.05, 3.63) is 114 Å². The van der Waals surface area contributed by atoms with E-state index < -0.39 is 5.97 Å². The molecule has 1 N–H and O–H groups in total. The number of rotatable bonds is 9. The highest BCUT2D eigenvalue weighted by molar-refractivity contribution is 5.95. The van der Waals surface area contributed by atoms with E-state index in [0.29, 0.717) is 23.7 Å². The molecule has 1 amide bonds. The van der Waals surface area contributed by atoms with Crippen LogP contribution in [0.2, 0.25) is 0 Å². The molecule has 160 valence electrons. The predicted molar refractivity (Wildman–Crippen MR) is 125 cm³/mol. The van der Waals surface area contributed by atoms with E-state index >= 15 is 0 Å². The van der Waals surface area contributed by atoms with E-state index in [9.17, 15) is 9.59 Å². The van der Waals surface area contributed by atoms with Crippen molar-refractivity contribution in [2.24, 2.45) is 5.10 Å². The van der Waals surface area contributed by atoms with Crippen LogP contribution in [-0.4, -0.2) is 24.7 Å². The van der Waals surface area contributed by atoms with Crippen LogP contribution in [0.15, 0.2) is 103 Å². The van der Waals surface area contributed by atoms with Crippen LogP contribution in [0, 0.1) is 0 Å². The second kappa shape index (κ2) is 11.7. The Hall–Kier alpha value is -4.45. The molecule has 0 heterocycles. The highest BCUT2D eigenvalue weighted by atomic mass is 16.5. The molecule has 0 aliphatic rings. The summed E-state index contributed by atoms with van der Waals surface area (Å²) in [5, 5.41) is 3.96. The van der Waals surface area contributed by atoms with Crippen LogP contribution in [-0.2, 0) is 4.79 Å². The van der Waals surface area contributed by atoms with Crippen LogP contribution in [0.4, 0.5) is 0 Å². The maximum atomic E-state index is 12.2. The summed E-state index contributed by atoms with van der Waals surface area (Å²) in [4.78, 5) is 24.1. The van der Waals surface area contributed by atoms with Gasteiger partial charge in [-0.1, -0.05) is 43.0 Å². The van der Waals surface area contributed by atoms with E-state index in [1.54, 1.807) is 60.7 Å². The molecule has 0 atom stereocenters. The first kappa shape index (κ1) is 22.2. The zero-order valence-corrected chi connectivity index (χ0v) is 17.3. The second-order valence-corrected chi connectivity index (χ2v) is 6.56. The zero-order chi connectivity index (χ0) is 22.6. The van der Waals surface area contributed by atoms with Crippen LogP contribution in [0.3, 0.4) is 0 Å². The number of carbonyl (C=O) groups is 2. The molecular formula is C26H22N2O4. The van der Waals surface area contributed by atoms with Crippen molar-refractivity contribution in [3.8, 4) is 11.5 Å². The summed E-state index contributed by atoms with van der Waals surface area (Å²) in [6.07, 6.45) is 6.21. The Balaban J connectivity index is 1.48. The van der Waals surface area contributed by atoms with Gasteiger partial charge in [0, 0.05) is 11.6 Å². The molecule has 0 saturated carbocycles. The van der Waals surface area contributed by atoms with Gasteiger partial charge in [0.25, 0.3) is 5.91 Å². The lowest BCUT2D eigenvalue weighted by atomic mass is 10.2. The minimum absolute atomic E-state index is 0.340. The molecule has 0 bridgehead atoms. The van der Waals surface area contributed by atoms with Gasteiger partial charge in [-0.2, -0.15) is 5.10 Å². The van der Waals surface area contributed by atoms with E-state index in [2.05, 4.69) is 17.1 Å². The van der Waals surface area contributed by atoms with Gasteiger partial charge in [0.05, 0.1) is 6.21 Å². The Morgan fingerprint density at radius 3 is 2.25 bits per heavy atom. The van der Waals surface area contributed by atoms with Crippen LogP contribution in [0.25, 0.3) is 6.08 Å². The van der Waals surface area contributed by atoms with Crippen molar-refractivity contribution in [1.82, 2.24) is 5.43 Å². The van der Waals surface area contributed by atoms with E-state index in [4.69, 9.17) is 9.47 Å². The number of esters is 1. The molecule has 3 aromatic carbocycles. The third kappa shape index (κ3) is 7.11. The van der Waals surface area contributed by atoms with Crippen LogP contribution >= 0.6 is 0 Å². The third-order valence-corrected chi connectivity index (χ3v) is 4.17. The molecule has 0 aliphatic carbocycles. The van der Waals surface area contributed by atoms with Gasteiger partial charge in [-0.25, -0.2) is 10.2 Å². The van der Waals surface area contributed by atoms with E-state index in [0.717, 1.165) is 11.1 Å². The first-order valence-electron chi connectivity index (χ1n) is 9.86. The molecule has 0 radical (unpaired) electrons. The molecule has 6 nitrogen and oxygen atoms in total. The Bertz CT molecular complexity index is 1100. The monoisotopic (exact) mass is 426 g/mol. The average Bonchev–Trinajstić information content (AvgIpc) is 2.83. The van der Waals surface area contributed by atoms with E-state index in [1.807, 2.05) is 30.3 Å². The molecule has 3 aromatic rings. The maximum absolute atomic E-state index is 12.2. The van der Waals surface area contributed by atoms with Crippen molar-refractivity contribution < 1.29 is 19.1 Å². The topological polar surface area (TPSA) is 77.0 Å². The molecule has 3 rings (SSSR count). The Kier molecular flexibility index (Phi) is 8.11. The van der Waals surface area contributed by atoms with E-state index in [1.165, 1.54) is 12.3 Å². The average molecular weight is 426 g/mol. The van der Waals surface area contributed by atoms with Crippen molar-refractivity contribution in [2.45, 2.75) is 0 Å². The summed E-state index contributed by atoms with van der Waals surface area (Å²) in [5.74, 6) is 0.254. The van der Waals surface area contributed by atoms with Crippen molar-refractivity contribution >= 4 is 24.2 Å². The van der Waals surface area contributed by atoms with Gasteiger partial charge < -0.3 is 9.47 Å². The maximum Gasteiger partial charge on any atom is 0.336 e. The lowest BCUT2D eigenvalue weighted by molar-refractivity contribution is -0.128. The van der Waals surface area contributed by atoms with Gasteiger partial charge in [-0.05, 0) is 65.7 Å². The Labute approximate surface area is 186 Å². The number of benzene rings is 3. The second-order valence-electron chi connectivity index (χ2n) is 6.56. The largest absolute Gasteiger partial charge is 0.490 e. The molecule has 0 unspecified atom stereocenters. The number of nitrogens with one attached hydrogen (secondary N) is 1. The molecule has 0 saturated heterocycles. The van der Waals surface area contributed by atoms with Gasteiger partial charge in [0.15, 0.2) is 0 Å². The quantitative estimate of drug-likeness (QED) is 0.135. The lowest BCUT2D eigenvalue weighted by Gasteiger charge is -2.04. The van der Waals surface area contributed by atoms with Gasteiger partial charge in [0.1, 0.15) is 18.1 Å². The minimum atomic E-state index is -0.469. The zero-order valence-electron chi connectivity index (χ0n) is 17.3. The number of amides is 1. The molecule has 0 aromatic heterocycles. The number of nitrogens with zero attached hydrogens (tertiary/aromatic N) is 1. The fourth-order valence-electron chi connectivity index (χ4n) is 2.59. The van der Waals surface area contributed by atoms with Crippen molar-refractivity contribution in [3.63, 3.8) is 0 Å². The number of carbonyl (C=O) groups excluding carboxylic acids is 2. The first-order valence-corrected chi connectivity index (χ1v) is 9.86. The fraction of sp³-hybridized carbons (Fsp3) is 0.0385. The summed E-state index contributed by atoms with van der Waals surface area (Å²) in [6, 6.07) is 23.0. The molecule has 0 spiro atoms. The van der Waals surface area contributed by atoms with Gasteiger partial charge in [-0.3, -0.25) is 4.79 Å². The van der Waals surface area contributed by atoms with Crippen molar-refractivity contribution in [1.29, 1.82) is 0 Å². The number of hydrogen-bond acceptors (Lipinski definition) is 5.